The Morgan fingerprint density at radius 1 is 1.27 bits per heavy atom. The van der Waals surface area contributed by atoms with Gasteiger partial charge in [-0.2, -0.15) is 0 Å². The summed E-state index contributed by atoms with van der Waals surface area (Å²) in [5.41, 5.74) is 1.55. The third kappa shape index (κ3) is 3.23. The number of aryl methyl sites for hydroxylation is 2. The quantitative estimate of drug-likeness (QED) is 0.821. The topological polar surface area (TPSA) is 34.1 Å². The second-order valence-electron chi connectivity index (χ2n) is 3.22. The molecule has 0 unspecified atom stereocenters. The molecule has 0 fully saturated rings. The van der Waals surface area contributed by atoms with E-state index in [1.54, 1.807) is 19.1 Å². The number of benzene rings is 1. The summed E-state index contributed by atoms with van der Waals surface area (Å²) < 4.78 is 23.3. The highest BCUT2D eigenvalue weighted by atomic mass is 35.5. The predicted octanol–water partition coefficient (Wildman–Crippen LogP) is 3.35. The van der Waals surface area contributed by atoms with Gasteiger partial charge in [-0.1, -0.05) is 35.3 Å². The largest absolute Gasteiger partial charge is 0.219 e. The van der Waals surface area contributed by atoms with Crippen molar-refractivity contribution in [3.63, 3.8) is 0 Å². The van der Waals surface area contributed by atoms with Crippen molar-refractivity contribution in [2.45, 2.75) is 18.7 Å². The molecule has 0 spiro atoms. The second kappa shape index (κ2) is 4.56. The summed E-state index contributed by atoms with van der Waals surface area (Å²) in [6.07, 6.45) is 0. The molecular formula is C10H10Cl2O2S. The van der Waals surface area contributed by atoms with Crippen LogP contribution in [0.5, 0.6) is 0 Å². The van der Waals surface area contributed by atoms with Crippen LogP contribution in [-0.4, -0.2) is 8.42 Å². The van der Waals surface area contributed by atoms with E-state index >= 15 is 0 Å². The van der Waals surface area contributed by atoms with E-state index in [-0.39, 0.29) is 9.39 Å². The molecule has 0 aromatic heterocycles. The maximum absolute atomic E-state index is 11.8. The average molecular weight is 265 g/mol. The summed E-state index contributed by atoms with van der Waals surface area (Å²) in [6.45, 7) is 3.55. The van der Waals surface area contributed by atoms with E-state index in [0.29, 0.717) is 5.56 Å². The van der Waals surface area contributed by atoms with Crippen molar-refractivity contribution in [3.05, 3.63) is 39.2 Å². The molecule has 0 heterocycles. The molecule has 2 nitrogen and oxygen atoms in total. The molecule has 0 N–H and O–H groups in total. The standard InChI is InChI=1S/C10H10Cl2O2S/c1-7-3-4-8(2)9(5-7)15(13,14)6-10(11)12/h3-6H,1-2H3. The Labute approximate surface area is 99.4 Å². The van der Waals surface area contributed by atoms with Gasteiger partial charge in [0.15, 0.2) is 0 Å². The van der Waals surface area contributed by atoms with E-state index in [4.69, 9.17) is 23.2 Å². The fourth-order valence-electron chi connectivity index (χ4n) is 1.19. The summed E-state index contributed by atoms with van der Waals surface area (Å²) in [5, 5.41) is 0.845. The van der Waals surface area contributed by atoms with Crippen LogP contribution in [0.4, 0.5) is 0 Å². The van der Waals surface area contributed by atoms with Crippen LogP contribution in [0, 0.1) is 13.8 Å². The van der Waals surface area contributed by atoms with Gasteiger partial charge in [0.05, 0.1) is 10.3 Å². The highest BCUT2D eigenvalue weighted by Crippen LogP contribution is 2.21. The van der Waals surface area contributed by atoms with Crippen LogP contribution in [0.3, 0.4) is 0 Å². The fourth-order valence-corrected chi connectivity index (χ4v) is 3.13. The van der Waals surface area contributed by atoms with Gasteiger partial charge in [0.1, 0.15) is 4.49 Å². The van der Waals surface area contributed by atoms with Crippen LogP contribution >= 0.6 is 23.2 Å². The van der Waals surface area contributed by atoms with Gasteiger partial charge < -0.3 is 0 Å². The first-order valence-electron chi connectivity index (χ1n) is 4.18. The lowest BCUT2D eigenvalue weighted by molar-refractivity contribution is 0.604. The SMILES string of the molecule is Cc1ccc(C)c(S(=O)(=O)C=C(Cl)Cl)c1. The first kappa shape index (κ1) is 12.6. The summed E-state index contributed by atoms with van der Waals surface area (Å²) in [6, 6.07) is 5.19. The Kier molecular flexibility index (Phi) is 3.82. The molecule has 0 aliphatic rings. The zero-order valence-electron chi connectivity index (χ0n) is 8.29. The molecule has 82 valence electrons. The maximum Gasteiger partial charge on any atom is 0.202 e. The molecule has 0 saturated carbocycles. The molecule has 1 aromatic rings. The van der Waals surface area contributed by atoms with Gasteiger partial charge in [-0.15, -0.1) is 0 Å². The predicted molar refractivity (Wildman–Crippen MR) is 62.9 cm³/mol. The van der Waals surface area contributed by atoms with Gasteiger partial charge in [0, 0.05) is 0 Å². The molecule has 0 saturated heterocycles. The normalized spacial score (nSPS) is 11.2. The maximum atomic E-state index is 11.8. The Morgan fingerprint density at radius 2 is 1.87 bits per heavy atom. The Balaban J connectivity index is 3.40. The average Bonchev–Trinajstić information content (AvgIpc) is 2.06. The van der Waals surface area contributed by atoms with E-state index in [1.165, 1.54) is 0 Å². The number of hydrogen-bond acceptors (Lipinski definition) is 2. The minimum atomic E-state index is -3.54. The summed E-state index contributed by atoms with van der Waals surface area (Å²) >= 11 is 10.7. The number of sulfone groups is 1. The monoisotopic (exact) mass is 264 g/mol. The molecule has 15 heavy (non-hydrogen) atoms. The first-order chi connectivity index (χ1) is 6.83. The van der Waals surface area contributed by atoms with Crippen molar-refractivity contribution >= 4 is 33.0 Å². The third-order valence-corrected chi connectivity index (χ3v) is 3.97. The molecule has 0 aliphatic heterocycles. The van der Waals surface area contributed by atoms with Gasteiger partial charge in [0.2, 0.25) is 9.84 Å². The fraction of sp³-hybridized carbons (Fsp3) is 0.200. The third-order valence-electron chi connectivity index (χ3n) is 1.89. The lowest BCUT2D eigenvalue weighted by Gasteiger charge is -2.04. The zero-order chi connectivity index (χ0) is 11.6. The first-order valence-corrected chi connectivity index (χ1v) is 6.48. The molecule has 0 aliphatic carbocycles. The molecule has 1 rings (SSSR count). The molecular weight excluding hydrogens is 255 g/mol. The Hall–Kier alpha value is -0.510. The van der Waals surface area contributed by atoms with Gasteiger partial charge in [0.25, 0.3) is 0 Å². The lowest BCUT2D eigenvalue weighted by atomic mass is 10.2. The smallest absolute Gasteiger partial charge is 0.202 e. The molecule has 0 amide bonds. The van der Waals surface area contributed by atoms with Crippen molar-refractivity contribution in [2.24, 2.45) is 0 Å². The minimum absolute atomic E-state index is 0.237. The van der Waals surface area contributed by atoms with Gasteiger partial charge in [-0.3, -0.25) is 0 Å². The van der Waals surface area contributed by atoms with E-state index in [2.05, 4.69) is 0 Å². The van der Waals surface area contributed by atoms with Crippen LogP contribution in [0.15, 0.2) is 33.0 Å². The lowest BCUT2D eigenvalue weighted by Crippen LogP contribution is -1.99. The number of halogens is 2. The molecule has 0 bridgehead atoms. The van der Waals surface area contributed by atoms with Crippen molar-refractivity contribution in [3.8, 4) is 0 Å². The van der Waals surface area contributed by atoms with Crippen molar-refractivity contribution < 1.29 is 8.42 Å². The molecule has 5 heteroatoms. The molecule has 0 radical (unpaired) electrons. The van der Waals surface area contributed by atoms with Crippen molar-refractivity contribution in [1.29, 1.82) is 0 Å². The highest BCUT2D eigenvalue weighted by molar-refractivity contribution is 7.94. The van der Waals surface area contributed by atoms with Gasteiger partial charge in [-0.25, -0.2) is 8.42 Å². The number of hydrogen-bond donors (Lipinski definition) is 0. The summed E-state index contributed by atoms with van der Waals surface area (Å²) in [7, 11) is -3.54. The Bertz CT molecular complexity index is 500. The Morgan fingerprint density at radius 3 is 2.40 bits per heavy atom. The van der Waals surface area contributed by atoms with Crippen LogP contribution < -0.4 is 0 Å². The van der Waals surface area contributed by atoms with E-state index in [1.807, 2.05) is 13.0 Å². The van der Waals surface area contributed by atoms with Crippen LogP contribution in [-0.2, 0) is 9.84 Å². The summed E-state index contributed by atoms with van der Waals surface area (Å²) in [5.74, 6) is 0. The van der Waals surface area contributed by atoms with Crippen molar-refractivity contribution in [1.82, 2.24) is 0 Å². The minimum Gasteiger partial charge on any atom is -0.219 e. The highest BCUT2D eigenvalue weighted by Gasteiger charge is 2.14. The zero-order valence-corrected chi connectivity index (χ0v) is 10.6. The van der Waals surface area contributed by atoms with E-state index in [0.717, 1.165) is 11.0 Å². The van der Waals surface area contributed by atoms with Crippen LogP contribution in [0.25, 0.3) is 0 Å². The van der Waals surface area contributed by atoms with Crippen LogP contribution in [0.1, 0.15) is 11.1 Å². The van der Waals surface area contributed by atoms with Crippen molar-refractivity contribution in [2.75, 3.05) is 0 Å². The summed E-state index contributed by atoms with van der Waals surface area (Å²) in [4.78, 5) is 0.237. The molecule has 0 atom stereocenters. The number of rotatable bonds is 2. The van der Waals surface area contributed by atoms with Gasteiger partial charge >= 0.3 is 0 Å². The second-order valence-corrected chi connectivity index (χ2v) is 5.99. The van der Waals surface area contributed by atoms with Crippen LogP contribution in [0.2, 0.25) is 0 Å². The van der Waals surface area contributed by atoms with E-state index in [9.17, 15) is 8.42 Å². The van der Waals surface area contributed by atoms with E-state index < -0.39 is 9.84 Å². The molecule has 1 aromatic carbocycles. The van der Waals surface area contributed by atoms with Gasteiger partial charge in [-0.05, 0) is 31.0 Å².